The van der Waals surface area contributed by atoms with Gasteiger partial charge in [0.25, 0.3) is 0 Å². The van der Waals surface area contributed by atoms with Crippen LogP contribution in [0.2, 0.25) is 0 Å². The summed E-state index contributed by atoms with van der Waals surface area (Å²) in [7, 11) is 0. The Labute approximate surface area is 88.3 Å². The Kier molecular flexibility index (Phi) is 2.45. The number of aromatic nitrogens is 1. The van der Waals surface area contributed by atoms with Gasteiger partial charge in [-0.05, 0) is 13.0 Å². The number of amides is 1. The number of nitrogens with zero attached hydrogens (tertiary/aromatic N) is 2. The molecule has 5 nitrogen and oxygen atoms in total. The second-order valence-electron chi connectivity index (χ2n) is 3.60. The summed E-state index contributed by atoms with van der Waals surface area (Å²) >= 11 is 0. The van der Waals surface area contributed by atoms with Crippen molar-refractivity contribution >= 4 is 17.4 Å². The average Bonchev–Trinajstić information content (AvgIpc) is 2.22. The molecule has 1 amide bonds. The zero-order valence-electron chi connectivity index (χ0n) is 8.60. The molecule has 1 aromatic heterocycles. The summed E-state index contributed by atoms with van der Waals surface area (Å²) in [4.78, 5) is 17.4. The molecule has 1 atom stereocenters. The third-order valence-electron chi connectivity index (χ3n) is 2.60. The summed E-state index contributed by atoms with van der Waals surface area (Å²) in [5, 5.41) is 2.82. The van der Waals surface area contributed by atoms with E-state index in [0.29, 0.717) is 12.4 Å². The molecule has 1 aliphatic rings. The molecule has 0 aromatic carbocycles. The van der Waals surface area contributed by atoms with Crippen molar-refractivity contribution in [2.24, 2.45) is 0 Å². The van der Waals surface area contributed by atoms with Crippen LogP contribution < -0.4 is 16.0 Å². The fourth-order valence-electron chi connectivity index (χ4n) is 1.75. The molecule has 0 bridgehead atoms. The number of nitrogen functional groups attached to an aromatic ring is 1. The Morgan fingerprint density at radius 2 is 2.47 bits per heavy atom. The number of carbonyl (C=O) groups is 1. The minimum absolute atomic E-state index is 0.0524. The van der Waals surface area contributed by atoms with Gasteiger partial charge in [-0.1, -0.05) is 0 Å². The maximum Gasteiger partial charge on any atom is 0.242 e. The largest absolute Gasteiger partial charge is 0.384 e. The average molecular weight is 206 g/mol. The molecule has 1 unspecified atom stereocenters. The standard InChI is InChI=1S/C10H14N4O/c1-7-10(15)13-4-5-14(7)8-2-3-12-9(11)6-8/h2-3,6-7H,4-5H2,1H3,(H2,11,12)(H,13,15). The van der Waals surface area contributed by atoms with Crippen molar-refractivity contribution in [3.05, 3.63) is 18.3 Å². The van der Waals surface area contributed by atoms with E-state index >= 15 is 0 Å². The molecule has 0 spiro atoms. The van der Waals surface area contributed by atoms with E-state index in [-0.39, 0.29) is 11.9 Å². The molecule has 1 aromatic rings. The minimum atomic E-state index is -0.152. The zero-order chi connectivity index (χ0) is 10.8. The lowest BCUT2D eigenvalue weighted by atomic mass is 10.2. The van der Waals surface area contributed by atoms with E-state index in [9.17, 15) is 4.79 Å². The predicted octanol–water partition coefficient (Wildman–Crippen LogP) is -0.0115. The first-order valence-electron chi connectivity index (χ1n) is 4.94. The third-order valence-corrected chi connectivity index (χ3v) is 2.60. The van der Waals surface area contributed by atoms with E-state index in [1.807, 2.05) is 17.9 Å². The molecule has 0 aliphatic carbocycles. The lowest BCUT2D eigenvalue weighted by molar-refractivity contribution is -0.122. The summed E-state index contributed by atoms with van der Waals surface area (Å²) < 4.78 is 0. The number of hydrogen-bond acceptors (Lipinski definition) is 4. The van der Waals surface area contributed by atoms with Crippen molar-refractivity contribution in [1.29, 1.82) is 0 Å². The molecule has 3 N–H and O–H groups in total. The molecule has 0 saturated carbocycles. The van der Waals surface area contributed by atoms with Gasteiger partial charge in [0.2, 0.25) is 5.91 Å². The van der Waals surface area contributed by atoms with Crippen molar-refractivity contribution in [3.63, 3.8) is 0 Å². The lowest BCUT2D eigenvalue weighted by Gasteiger charge is -2.34. The maximum atomic E-state index is 11.5. The van der Waals surface area contributed by atoms with Gasteiger partial charge in [0.1, 0.15) is 11.9 Å². The van der Waals surface area contributed by atoms with Crippen LogP contribution in [0.4, 0.5) is 11.5 Å². The van der Waals surface area contributed by atoms with Crippen LogP contribution in [0.15, 0.2) is 18.3 Å². The van der Waals surface area contributed by atoms with Crippen LogP contribution in [0.25, 0.3) is 0 Å². The van der Waals surface area contributed by atoms with Crippen LogP contribution >= 0.6 is 0 Å². The molecular weight excluding hydrogens is 192 g/mol. The quantitative estimate of drug-likeness (QED) is 0.678. The Morgan fingerprint density at radius 1 is 1.67 bits per heavy atom. The van der Waals surface area contributed by atoms with Crippen molar-refractivity contribution in [2.75, 3.05) is 23.7 Å². The number of pyridine rings is 1. The highest BCUT2D eigenvalue weighted by Crippen LogP contribution is 2.19. The van der Waals surface area contributed by atoms with Gasteiger partial charge >= 0.3 is 0 Å². The second kappa shape index (κ2) is 3.76. The number of nitrogens with two attached hydrogens (primary N) is 1. The summed E-state index contributed by atoms with van der Waals surface area (Å²) in [6.07, 6.45) is 1.66. The van der Waals surface area contributed by atoms with Crippen molar-refractivity contribution in [3.8, 4) is 0 Å². The van der Waals surface area contributed by atoms with E-state index in [0.717, 1.165) is 12.2 Å². The Hall–Kier alpha value is -1.78. The van der Waals surface area contributed by atoms with Gasteiger partial charge in [0, 0.05) is 31.0 Å². The molecule has 15 heavy (non-hydrogen) atoms. The number of nitrogens with one attached hydrogen (secondary N) is 1. The molecule has 2 rings (SSSR count). The monoisotopic (exact) mass is 206 g/mol. The van der Waals surface area contributed by atoms with Crippen molar-refractivity contribution in [2.45, 2.75) is 13.0 Å². The first kappa shape index (κ1) is 9.76. The van der Waals surface area contributed by atoms with Crippen LogP contribution in [-0.4, -0.2) is 30.0 Å². The zero-order valence-corrected chi connectivity index (χ0v) is 8.60. The fourth-order valence-corrected chi connectivity index (χ4v) is 1.75. The molecule has 80 valence electrons. The van der Waals surface area contributed by atoms with Gasteiger partial charge in [-0.15, -0.1) is 0 Å². The first-order valence-corrected chi connectivity index (χ1v) is 4.94. The van der Waals surface area contributed by atoms with Crippen LogP contribution in [0.1, 0.15) is 6.92 Å². The Bertz CT molecular complexity index is 379. The van der Waals surface area contributed by atoms with E-state index in [4.69, 9.17) is 5.73 Å². The normalized spacial score (nSPS) is 21.3. The summed E-state index contributed by atoms with van der Waals surface area (Å²) in [5.41, 5.74) is 6.56. The molecular formula is C10H14N4O. The number of carbonyl (C=O) groups excluding carboxylic acids is 1. The van der Waals surface area contributed by atoms with E-state index in [1.54, 1.807) is 12.3 Å². The van der Waals surface area contributed by atoms with Gasteiger partial charge in [0.15, 0.2) is 0 Å². The Morgan fingerprint density at radius 3 is 3.20 bits per heavy atom. The SMILES string of the molecule is CC1C(=O)NCCN1c1ccnc(N)c1. The number of hydrogen-bond donors (Lipinski definition) is 2. The minimum Gasteiger partial charge on any atom is -0.384 e. The molecule has 1 saturated heterocycles. The topological polar surface area (TPSA) is 71.2 Å². The number of piperazine rings is 1. The van der Waals surface area contributed by atoms with Crippen LogP contribution in [0, 0.1) is 0 Å². The smallest absolute Gasteiger partial charge is 0.242 e. The molecule has 2 heterocycles. The fraction of sp³-hybridized carbons (Fsp3) is 0.400. The van der Waals surface area contributed by atoms with Gasteiger partial charge in [-0.25, -0.2) is 4.98 Å². The van der Waals surface area contributed by atoms with E-state index in [1.165, 1.54) is 0 Å². The number of anilines is 2. The van der Waals surface area contributed by atoms with Crippen LogP contribution in [0.3, 0.4) is 0 Å². The molecule has 1 fully saturated rings. The van der Waals surface area contributed by atoms with Crippen LogP contribution in [0.5, 0.6) is 0 Å². The van der Waals surface area contributed by atoms with Gasteiger partial charge in [-0.3, -0.25) is 4.79 Å². The van der Waals surface area contributed by atoms with Crippen LogP contribution in [-0.2, 0) is 4.79 Å². The summed E-state index contributed by atoms with van der Waals surface area (Å²) in [5.74, 6) is 0.530. The van der Waals surface area contributed by atoms with E-state index in [2.05, 4.69) is 10.3 Å². The highest BCUT2D eigenvalue weighted by atomic mass is 16.2. The molecule has 5 heteroatoms. The van der Waals surface area contributed by atoms with Gasteiger partial charge < -0.3 is 16.0 Å². The van der Waals surface area contributed by atoms with Crippen molar-refractivity contribution < 1.29 is 4.79 Å². The number of rotatable bonds is 1. The highest BCUT2D eigenvalue weighted by Gasteiger charge is 2.25. The lowest BCUT2D eigenvalue weighted by Crippen LogP contribution is -2.54. The van der Waals surface area contributed by atoms with E-state index < -0.39 is 0 Å². The summed E-state index contributed by atoms with van der Waals surface area (Å²) in [6.45, 7) is 3.35. The van der Waals surface area contributed by atoms with Crippen molar-refractivity contribution in [1.82, 2.24) is 10.3 Å². The first-order chi connectivity index (χ1) is 7.18. The predicted molar refractivity (Wildman–Crippen MR) is 58.5 cm³/mol. The van der Waals surface area contributed by atoms with Gasteiger partial charge in [-0.2, -0.15) is 0 Å². The third kappa shape index (κ3) is 1.86. The molecule has 1 aliphatic heterocycles. The second-order valence-corrected chi connectivity index (χ2v) is 3.60. The summed E-state index contributed by atoms with van der Waals surface area (Å²) in [6, 6.07) is 3.50. The molecule has 0 radical (unpaired) electrons. The highest BCUT2D eigenvalue weighted by molar-refractivity contribution is 5.86. The Balaban J connectivity index is 2.26. The maximum absolute atomic E-state index is 11.5. The van der Waals surface area contributed by atoms with Gasteiger partial charge in [0.05, 0.1) is 0 Å².